The number of rotatable bonds is 5. The number of carbonyl (C=O) groups excluding carboxylic acids is 2. The first-order valence-corrected chi connectivity index (χ1v) is 11.7. The summed E-state index contributed by atoms with van der Waals surface area (Å²) < 4.78 is 7.10. The molecule has 2 aliphatic rings. The maximum absolute atomic E-state index is 13.0. The summed E-state index contributed by atoms with van der Waals surface area (Å²) >= 11 is 0. The Kier molecular flexibility index (Phi) is 7.26. The molecule has 11 nitrogen and oxygen atoms in total. The summed E-state index contributed by atoms with van der Waals surface area (Å²) in [6.07, 6.45) is 3.95. The van der Waals surface area contributed by atoms with Crippen LogP contribution in [-0.4, -0.2) is 112 Å². The van der Waals surface area contributed by atoms with Crippen molar-refractivity contribution in [2.24, 2.45) is 13.0 Å². The Labute approximate surface area is 194 Å². The average Bonchev–Trinajstić information content (AvgIpc) is 3.04. The van der Waals surface area contributed by atoms with Gasteiger partial charge >= 0.3 is 6.09 Å². The molecule has 0 aliphatic carbocycles. The quantitative estimate of drug-likeness (QED) is 0.649. The molecule has 0 radical (unpaired) electrons. The van der Waals surface area contributed by atoms with Gasteiger partial charge in [0, 0.05) is 59.4 Å². The Morgan fingerprint density at radius 1 is 1.00 bits per heavy atom. The van der Waals surface area contributed by atoms with Gasteiger partial charge in [-0.1, -0.05) is 13.8 Å². The molecule has 0 N–H and O–H groups in total. The molecule has 2 aromatic heterocycles. The molecule has 0 aromatic carbocycles. The first-order valence-electron chi connectivity index (χ1n) is 11.7. The number of hydrogen-bond acceptors (Lipinski definition) is 8. The highest BCUT2D eigenvalue weighted by Gasteiger charge is 2.26. The highest BCUT2D eigenvalue weighted by molar-refractivity contribution is 5.87. The number of anilines is 1. The average molecular weight is 459 g/mol. The first-order chi connectivity index (χ1) is 15.9. The van der Waals surface area contributed by atoms with Crippen molar-refractivity contribution in [3.05, 3.63) is 12.5 Å². The van der Waals surface area contributed by atoms with E-state index in [1.165, 1.54) is 0 Å². The van der Waals surface area contributed by atoms with Gasteiger partial charge < -0.3 is 19.4 Å². The number of nitrogens with zero attached hydrogens (tertiary/aromatic N) is 8. The lowest BCUT2D eigenvalue weighted by Crippen LogP contribution is -2.51. The van der Waals surface area contributed by atoms with Crippen LogP contribution < -0.4 is 4.90 Å². The Morgan fingerprint density at radius 3 is 2.52 bits per heavy atom. The molecule has 33 heavy (non-hydrogen) atoms. The van der Waals surface area contributed by atoms with Crippen LogP contribution >= 0.6 is 0 Å². The number of ether oxygens (including phenoxy) is 1. The van der Waals surface area contributed by atoms with E-state index in [1.807, 2.05) is 25.8 Å². The smallest absolute Gasteiger partial charge is 0.409 e. The van der Waals surface area contributed by atoms with E-state index in [-0.39, 0.29) is 12.0 Å². The van der Waals surface area contributed by atoms with Gasteiger partial charge in [-0.15, -0.1) is 0 Å². The Morgan fingerprint density at radius 2 is 1.76 bits per heavy atom. The van der Waals surface area contributed by atoms with Crippen molar-refractivity contribution in [1.82, 2.24) is 34.4 Å². The third-order valence-electron chi connectivity index (χ3n) is 6.19. The van der Waals surface area contributed by atoms with Crippen molar-refractivity contribution in [3.8, 4) is 0 Å². The van der Waals surface area contributed by atoms with E-state index in [0.29, 0.717) is 51.8 Å². The molecule has 11 heteroatoms. The Hall–Kier alpha value is -2.95. The molecule has 0 atom stereocenters. The SMILES string of the molecule is CC(C)COC(=O)N1CCCN(CC(=O)N2CCN(c3ncnc4c3cnn4C)CC2)CC1. The van der Waals surface area contributed by atoms with Crippen LogP contribution in [0.25, 0.3) is 11.0 Å². The van der Waals surface area contributed by atoms with E-state index in [1.54, 1.807) is 22.1 Å². The van der Waals surface area contributed by atoms with Crippen molar-refractivity contribution in [1.29, 1.82) is 0 Å². The van der Waals surface area contributed by atoms with E-state index in [0.717, 1.165) is 42.9 Å². The topological polar surface area (TPSA) is 99.9 Å². The minimum Gasteiger partial charge on any atom is -0.449 e. The van der Waals surface area contributed by atoms with Gasteiger partial charge in [0.1, 0.15) is 12.1 Å². The molecule has 0 spiro atoms. The summed E-state index contributed by atoms with van der Waals surface area (Å²) in [7, 11) is 1.87. The second-order valence-corrected chi connectivity index (χ2v) is 9.16. The molecule has 0 bridgehead atoms. The highest BCUT2D eigenvalue weighted by atomic mass is 16.6. The zero-order valence-corrected chi connectivity index (χ0v) is 19.8. The lowest BCUT2D eigenvalue weighted by atomic mass is 10.2. The molecule has 0 unspecified atom stereocenters. The molecule has 4 heterocycles. The van der Waals surface area contributed by atoms with Gasteiger partial charge in [-0.05, 0) is 12.3 Å². The van der Waals surface area contributed by atoms with E-state index >= 15 is 0 Å². The predicted molar refractivity (Wildman–Crippen MR) is 124 cm³/mol. The number of fused-ring (bicyclic) bond motifs is 1. The standard InChI is InChI=1S/C22H34N8O3/c1-17(2)15-33-22(32)30-6-4-5-27(7-8-30)14-19(31)28-9-11-29(12-10-28)21-18-13-25-26(3)20(18)23-16-24-21/h13,16-17H,4-12,14-15H2,1-3H3. The van der Waals surface area contributed by atoms with Crippen LogP contribution in [0.5, 0.6) is 0 Å². The van der Waals surface area contributed by atoms with E-state index < -0.39 is 0 Å². The maximum Gasteiger partial charge on any atom is 0.409 e. The summed E-state index contributed by atoms with van der Waals surface area (Å²) in [6, 6.07) is 0. The molecule has 2 saturated heterocycles. The number of carbonyl (C=O) groups is 2. The summed E-state index contributed by atoms with van der Waals surface area (Å²) in [4.78, 5) is 42.0. The molecular formula is C22H34N8O3. The number of amides is 2. The fourth-order valence-corrected chi connectivity index (χ4v) is 4.30. The number of piperazine rings is 1. The zero-order valence-electron chi connectivity index (χ0n) is 19.8. The van der Waals surface area contributed by atoms with Crippen LogP contribution in [0.2, 0.25) is 0 Å². The molecule has 180 valence electrons. The minimum atomic E-state index is -0.250. The van der Waals surface area contributed by atoms with Crippen molar-refractivity contribution in [2.75, 3.05) is 70.4 Å². The largest absolute Gasteiger partial charge is 0.449 e. The van der Waals surface area contributed by atoms with Crippen molar-refractivity contribution in [2.45, 2.75) is 20.3 Å². The van der Waals surface area contributed by atoms with Gasteiger partial charge in [0.25, 0.3) is 0 Å². The lowest BCUT2D eigenvalue weighted by Gasteiger charge is -2.36. The molecule has 2 aliphatic heterocycles. The van der Waals surface area contributed by atoms with Gasteiger partial charge in [-0.2, -0.15) is 5.10 Å². The van der Waals surface area contributed by atoms with Gasteiger partial charge in [0.05, 0.1) is 24.7 Å². The lowest BCUT2D eigenvalue weighted by molar-refractivity contribution is -0.132. The molecule has 0 saturated carbocycles. The third-order valence-corrected chi connectivity index (χ3v) is 6.19. The fourth-order valence-electron chi connectivity index (χ4n) is 4.30. The molecular weight excluding hydrogens is 424 g/mol. The number of hydrogen-bond donors (Lipinski definition) is 0. The summed E-state index contributed by atoms with van der Waals surface area (Å²) in [6.45, 7) is 10.4. The second-order valence-electron chi connectivity index (χ2n) is 9.16. The normalized spacial score (nSPS) is 18.1. The highest BCUT2D eigenvalue weighted by Crippen LogP contribution is 2.23. The second kappa shape index (κ2) is 10.3. The van der Waals surface area contributed by atoms with E-state index in [2.05, 4.69) is 24.9 Å². The molecule has 2 amide bonds. The van der Waals surface area contributed by atoms with Crippen LogP contribution in [0.4, 0.5) is 10.6 Å². The van der Waals surface area contributed by atoms with Crippen molar-refractivity contribution >= 4 is 28.9 Å². The number of aromatic nitrogens is 4. The van der Waals surface area contributed by atoms with E-state index in [4.69, 9.17) is 4.74 Å². The van der Waals surface area contributed by atoms with Crippen LogP contribution in [-0.2, 0) is 16.6 Å². The van der Waals surface area contributed by atoms with Gasteiger partial charge in [-0.3, -0.25) is 14.4 Å². The Balaban J connectivity index is 1.26. The van der Waals surface area contributed by atoms with E-state index in [9.17, 15) is 9.59 Å². The predicted octanol–water partition coefficient (Wildman–Crippen LogP) is 0.812. The van der Waals surface area contributed by atoms with Crippen LogP contribution in [0, 0.1) is 5.92 Å². The Bertz CT molecular complexity index is 970. The monoisotopic (exact) mass is 458 g/mol. The third kappa shape index (κ3) is 5.52. The maximum atomic E-state index is 13.0. The van der Waals surface area contributed by atoms with Gasteiger partial charge in [0.2, 0.25) is 5.91 Å². The summed E-state index contributed by atoms with van der Waals surface area (Å²) in [5, 5.41) is 5.22. The molecule has 2 fully saturated rings. The van der Waals surface area contributed by atoms with Crippen LogP contribution in [0.1, 0.15) is 20.3 Å². The van der Waals surface area contributed by atoms with Crippen LogP contribution in [0.3, 0.4) is 0 Å². The fraction of sp³-hybridized carbons (Fsp3) is 0.682. The van der Waals surface area contributed by atoms with Gasteiger partial charge in [0.15, 0.2) is 5.65 Å². The van der Waals surface area contributed by atoms with Crippen molar-refractivity contribution in [3.63, 3.8) is 0 Å². The molecule has 2 aromatic rings. The van der Waals surface area contributed by atoms with Crippen molar-refractivity contribution < 1.29 is 14.3 Å². The zero-order chi connectivity index (χ0) is 23.4. The summed E-state index contributed by atoms with van der Waals surface area (Å²) in [5.74, 6) is 1.33. The van der Waals surface area contributed by atoms with Crippen LogP contribution in [0.15, 0.2) is 12.5 Å². The van der Waals surface area contributed by atoms with Gasteiger partial charge in [-0.25, -0.2) is 14.8 Å². The number of aryl methyl sites for hydroxylation is 1. The molecule has 4 rings (SSSR count). The minimum absolute atomic E-state index is 0.139. The first kappa shape index (κ1) is 23.2. The summed E-state index contributed by atoms with van der Waals surface area (Å²) in [5.41, 5.74) is 0.807.